The van der Waals surface area contributed by atoms with E-state index in [4.69, 9.17) is 9.84 Å². The Balaban J connectivity index is 2.34. The van der Waals surface area contributed by atoms with Crippen molar-refractivity contribution in [2.24, 2.45) is 5.92 Å². The van der Waals surface area contributed by atoms with Gasteiger partial charge in [0.05, 0.1) is 6.61 Å². The molecule has 3 N–H and O–H groups in total. The third kappa shape index (κ3) is 4.63. The number of hydrogen-bond acceptors (Lipinski definition) is 4. The molecule has 100 valence electrons. The summed E-state index contributed by atoms with van der Waals surface area (Å²) in [5.74, 6) is -0.390. The predicted octanol–water partition coefficient (Wildman–Crippen LogP) is 1.50. The molecule has 1 aromatic carbocycles. The van der Waals surface area contributed by atoms with E-state index >= 15 is 0 Å². The molecule has 0 aromatic heterocycles. The van der Waals surface area contributed by atoms with Crippen molar-refractivity contribution >= 4 is 5.91 Å². The Bertz CT molecular complexity index is 404. The van der Waals surface area contributed by atoms with Crippen LogP contribution < -0.4 is 5.32 Å². The average molecular weight is 253 g/mol. The highest BCUT2D eigenvalue weighted by Gasteiger charge is 2.07. The largest absolute Gasteiger partial charge is 0.504 e. The zero-order chi connectivity index (χ0) is 13.5. The summed E-state index contributed by atoms with van der Waals surface area (Å²) in [6, 6.07) is 3.94. The lowest BCUT2D eigenvalue weighted by Gasteiger charge is -2.08. The minimum Gasteiger partial charge on any atom is -0.504 e. The van der Waals surface area contributed by atoms with E-state index in [0.717, 1.165) is 0 Å². The van der Waals surface area contributed by atoms with Gasteiger partial charge < -0.3 is 20.3 Å². The molecule has 1 amide bonds. The van der Waals surface area contributed by atoms with Crippen LogP contribution in [0.25, 0.3) is 0 Å². The highest BCUT2D eigenvalue weighted by molar-refractivity contribution is 5.94. The van der Waals surface area contributed by atoms with Crippen LogP contribution in [0.3, 0.4) is 0 Å². The number of amides is 1. The summed E-state index contributed by atoms with van der Waals surface area (Å²) in [5.41, 5.74) is 0.300. The average Bonchev–Trinajstić information content (AvgIpc) is 2.31. The van der Waals surface area contributed by atoms with Crippen LogP contribution >= 0.6 is 0 Å². The van der Waals surface area contributed by atoms with E-state index in [1.807, 2.05) is 0 Å². The number of phenolic OH excluding ortho intramolecular Hbond substituents is 2. The predicted molar refractivity (Wildman–Crippen MR) is 67.8 cm³/mol. The molecular weight excluding hydrogens is 234 g/mol. The Morgan fingerprint density at radius 1 is 1.33 bits per heavy atom. The van der Waals surface area contributed by atoms with Gasteiger partial charge in [0.25, 0.3) is 5.91 Å². The molecule has 0 fully saturated rings. The second kappa shape index (κ2) is 6.86. The van der Waals surface area contributed by atoms with Crippen molar-refractivity contribution in [3.8, 4) is 11.5 Å². The van der Waals surface area contributed by atoms with Gasteiger partial charge in [-0.1, -0.05) is 13.8 Å². The zero-order valence-corrected chi connectivity index (χ0v) is 10.6. The van der Waals surface area contributed by atoms with E-state index in [1.165, 1.54) is 18.2 Å². The van der Waals surface area contributed by atoms with Crippen LogP contribution in [0.15, 0.2) is 18.2 Å². The van der Waals surface area contributed by atoms with E-state index in [0.29, 0.717) is 31.2 Å². The van der Waals surface area contributed by atoms with Gasteiger partial charge >= 0.3 is 0 Å². The number of benzene rings is 1. The lowest BCUT2D eigenvalue weighted by atomic mass is 10.2. The Labute approximate surface area is 106 Å². The molecule has 0 spiro atoms. The fourth-order valence-corrected chi connectivity index (χ4v) is 1.32. The number of rotatable bonds is 6. The number of nitrogens with one attached hydrogen (secondary N) is 1. The van der Waals surface area contributed by atoms with E-state index < -0.39 is 0 Å². The molecule has 1 rings (SSSR count). The summed E-state index contributed by atoms with van der Waals surface area (Å²) >= 11 is 0. The molecule has 0 unspecified atom stereocenters. The molecule has 5 heteroatoms. The van der Waals surface area contributed by atoms with Crippen LogP contribution in [-0.4, -0.2) is 35.9 Å². The van der Waals surface area contributed by atoms with E-state index in [1.54, 1.807) is 0 Å². The van der Waals surface area contributed by atoms with Gasteiger partial charge in [0.2, 0.25) is 0 Å². The zero-order valence-electron chi connectivity index (χ0n) is 10.6. The van der Waals surface area contributed by atoms with Crippen LogP contribution in [0.2, 0.25) is 0 Å². The van der Waals surface area contributed by atoms with E-state index in [2.05, 4.69) is 19.2 Å². The van der Waals surface area contributed by atoms with Gasteiger partial charge in [-0.25, -0.2) is 0 Å². The van der Waals surface area contributed by atoms with Crippen molar-refractivity contribution in [3.63, 3.8) is 0 Å². The first-order chi connectivity index (χ1) is 8.50. The number of ether oxygens (including phenoxy) is 1. The Kier molecular flexibility index (Phi) is 5.45. The first-order valence-electron chi connectivity index (χ1n) is 5.88. The summed E-state index contributed by atoms with van der Waals surface area (Å²) in [5, 5.41) is 21.0. The summed E-state index contributed by atoms with van der Waals surface area (Å²) in [7, 11) is 0. The Hall–Kier alpha value is -1.75. The molecule has 0 saturated heterocycles. The maximum Gasteiger partial charge on any atom is 0.251 e. The van der Waals surface area contributed by atoms with Crippen molar-refractivity contribution in [1.82, 2.24) is 5.32 Å². The van der Waals surface area contributed by atoms with E-state index in [-0.39, 0.29) is 17.4 Å². The molecule has 0 aliphatic carbocycles. The number of carbonyl (C=O) groups is 1. The molecular formula is C13H19NO4. The highest BCUT2D eigenvalue weighted by Crippen LogP contribution is 2.24. The maximum absolute atomic E-state index is 11.6. The molecule has 0 atom stereocenters. The van der Waals surface area contributed by atoms with Gasteiger partial charge in [-0.05, 0) is 24.1 Å². The van der Waals surface area contributed by atoms with Crippen molar-refractivity contribution in [3.05, 3.63) is 23.8 Å². The van der Waals surface area contributed by atoms with Crippen molar-refractivity contribution in [2.45, 2.75) is 13.8 Å². The van der Waals surface area contributed by atoms with Gasteiger partial charge in [0.1, 0.15) is 0 Å². The van der Waals surface area contributed by atoms with Crippen LogP contribution in [0, 0.1) is 5.92 Å². The molecule has 0 aliphatic heterocycles. The summed E-state index contributed by atoms with van der Waals surface area (Å²) < 4.78 is 5.32. The van der Waals surface area contributed by atoms with Gasteiger partial charge in [0.15, 0.2) is 11.5 Å². The molecule has 0 heterocycles. The summed E-state index contributed by atoms with van der Waals surface area (Å²) in [6.45, 7) is 5.63. The maximum atomic E-state index is 11.6. The summed E-state index contributed by atoms with van der Waals surface area (Å²) in [6.07, 6.45) is 0. The van der Waals surface area contributed by atoms with Gasteiger partial charge in [-0.2, -0.15) is 0 Å². The van der Waals surface area contributed by atoms with Gasteiger partial charge in [-0.3, -0.25) is 4.79 Å². The van der Waals surface area contributed by atoms with Crippen LogP contribution in [0.1, 0.15) is 24.2 Å². The molecule has 5 nitrogen and oxygen atoms in total. The fraction of sp³-hybridized carbons (Fsp3) is 0.462. The lowest BCUT2D eigenvalue weighted by Crippen LogP contribution is -2.27. The molecule has 18 heavy (non-hydrogen) atoms. The number of phenols is 2. The monoisotopic (exact) mass is 253 g/mol. The molecule has 0 bridgehead atoms. The quantitative estimate of drug-likeness (QED) is 0.530. The van der Waals surface area contributed by atoms with Crippen molar-refractivity contribution < 1.29 is 19.7 Å². The van der Waals surface area contributed by atoms with Gasteiger partial charge in [-0.15, -0.1) is 0 Å². The SMILES string of the molecule is CC(C)COCCNC(=O)c1ccc(O)c(O)c1. The standard InChI is InChI=1S/C13H19NO4/c1-9(2)8-18-6-5-14-13(17)10-3-4-11(15)12(16)7-10/h3-4,7,9,15-16H,5-6,8H2,1-2H3,(H,14,17). The van der Waals surface area contributed by atoms with Crippen molar-refractivity contribution in [1.29, 1.82) is 0 Å². The fourth-order valence-electron chi connectivity index (χ4n) is 1.32. The van der Waals surface area contributed by atoms with Crippen LogP contribution in [0.5, 0.6) is 11.5 Å². The minimum atomic E-state index is -0.307. The first kappa shape index (κ1) is 14.3. The number of aromatic hydroxyl groups is 2. The lowest BCUT2D eigenvalue weighted by molar-refractivity contribution is 0.0886. The van der Waals surface area contributed by atoms with Crippen LogP contribution in [0.4, 0.5) is 0 Å². The van der Waals surface area contributed by atoms with E-state index in [9.17, 15) is 9.90 Å². The smallest absolute Gasteiger partial charge is 0.251 e. The summed E-state index contributed by atoms with van der Waals surface area (Å²) in [4.78, 5) is 11.6. The topological polar surface area (TPSA) is 78.8 Å². The molecule has 1 aromatic rings. The minimum absolute atomic E-state index is 0.244. The van der Waals surface area contributed by atoms with Crippen LogP contribution in [-0.2, 0) is 4.74 Å². The number of hydrogen-bond donors (Lipinski definition) is 3. The second-order valence-corrected chi connectivity index (χ2v) is 4.43. The molecule has 0 radical (unpaired) electrons. The third-order valence-corrected chi connectivity index (χ3v) is 2.22. The Morgan fingerprint density at radius 3 is 2.67 bits per heavy atom. The third-order valence-electron chi connectivity index (χ3n) is 2.22. The van der Waals surface area contributed by atoms with Crippen molar-refractivity contribution in [2.75, 3.05) is 19.8 Å². The molecule has 0 aliphatic rings. The Morgan fingerprint density at radius 2 is 2.06 bits per heavy atom. The van der Waals surface area contributed by atoms with Gasteiger partial charge in [0, 0.05) is 18.7 Å². The highest BCUT2D eigenvalue weighted by atomic mass is 16.5. The normalized spacial score (nSPS) is 10.6. The number of carbonyl (C=O) groups excluding carboxylic acids is 1. The first-order valence-corrected chi connectivity index (χ1v) is 5.88. The second-order valence-electron chi connectivity index (χ2n) is 4.43. The molecule has 0 saturated carbocycles.